The third kappa shape index (κ3) is 5.20. The third-order valence-electron chi connectivity index (χ3n) is 5.71. The molecule has 0 aliphatic rings. The maximum atomic E-state index is 13.3. The SMILES string of the molecule is Cc1cc(NC(=O)CC(c2ccccc2)c2ccccc2)n(-c2nc(-c3ccc(F)cc3)cs2)n1. The number of carbonyl (C=O) groups is 1. The lowest BCUT2D eigenvalue weighted by molar-refractivity contribution is -0.116. The number of halogens is 1. The predicted octanol–water partition coefficient (Wildman–Crippen LogP) is 6.60. The highest BCUT2D eigenvalue weighted by molar-refractivity contribution is 7.12. The molecule has 3 aromatic carbocycles. The van der Waals surface area contributed by atoms with Crippen LogP contribution in [0.5, 0.6) is 0 Å². The van der Waals surface area contributed by atoms with Gasteiger partial charge in [-0.25, -0.2) is 9.37 Å². The minimum Gasteiger partial charge on any atom is -0.310 e. The molecule has 0 bridgehead atoms. The Hall–Kier alpha value is -4.10. The molecule has 7 heteroatoms. The lowest BCUT2D eigenvalue weighted by atomic mass is 9.88. The molecule has 0 fully saturated rings. The Kier molecular flexibility index (Phi) is 6.50. The van der Waals surface area contributed by atoms with Gasteiger partial charge in [-0.1, -0.05) is 60.7 Å². The van der Waals surface area contributed by atoms with Crippen LogP contribution in [0.15, 0.2) is 96.4 Å². The molecule has 35 heavy (non-hydrogen) atoms. The van der Waals surface area contributed by atoms with Crippen molar-refractivity contribution >= 4 is 23.1 Å². The number of thiazole rings is 1. The lowest BCUT2D eigenvalue weighted by Crippen LogP contribution is -2.18. The number of aryl methyl sites for hydroxylation is 1. The Morgan fingerprint density at radius 2 is 1.60 bits per heavy atom. The van der Waals surface area contributed by atoms with E-state index in [1.807, 2.05) is 79.0 Å². The van der Waals surface area contributed by atoms with Crippen molar-refractivity contribution in [3.05, 3.63) is 119 Å². The van der Waals surface area contributed by atoms with Crippen molar-refractivity contribution in [2.75, 3.05) is 5.32 Å². The Bertz CT molecular complexity index is 1390. The first-order chi connectivity index (χ1) is 17.1. The van der Waals surface area contributed by atoms with Crippen molar-refractivity contribution in [2.24, 2.45) is 0 Å². The number of carbonyl (C=O) groups excluding carboxylic acids is 1. The average molecular weight is 483 g/mol. The molecule has 2 aromatic heterocycles. The Morgan fingerprint density at radius 3 is 2.23 bits per heavy atom. The number of nitrogens with zero attached hydrogens (tertiary/aromatic N) is 3. The summed E-state index contributed by atoms with van der Waals surface area (Å²) in [4.78, 5) is 17.9. The van der Waals surface area contributed by atoms with Gasteiger partial charge in [0, 0.05) is 29.3 Å². The summed E-state index contributed by atoms with van der Waals surface area (Å²) in [5.41, 5.74) is 4.48. The molecule has 0 aliphatic heterocycles. The number of anilines is 1. The second-order valence-electron chi connectivity index (χ2n) is 8.23. The van der Waals surface area contributed by atoms with E-state index in [2.05, 4.69) is 15.4 Å². The van der Waals surface area contributed by atoms with Crippen molar-refractivity contribution < 1.29 is 9.18 Å². The van der Waals surface area contributed by atoms with E-state index < -0.39 is 0 Å². The number of benzene rings is 3. The fourth-order valence-corrected chi connectivity index (χ4v) is 4.82. The predicted molar refractivity (Wildman–Crippen MR) is 137 cm³/mol. The minimum atomic E-state index is -0.291. The summed E-state index contributed by atoms with van der Waals surface area (Å²) in [6.45, 7) is 1.87. The van der Waals surface area contributed by atoms with Crippen LogP contribution in [0.2, 0.25) is 0 Å². The first-order valence-corrected chi connectivity index (χ1v) is 12.1. The van der Waals surface area contributed by atoms with Crippen LogP contribution >= 0.6 is 11.3 Å². The molecule has 0 saturated heterocycles. The molecule has 174 valence electrons. The second kappa shape index (κ2) is 10.0. The van der Waals surface area contributed by atoms with Crippen molar-refractivity contribution in [3.8, 4) is 16.4 Å². The molecule has 0 saturated carbocycles. The molecule has 5 aromatic rings. The van der Waals surface area contributed by atoms with Gasteiger partial charge in [0.25, 0.3) is 0 Å². The van der Waals surface area contributed by atoms with E-state index in [0.717, 1.165) is 28.1 Å². The van der Waals surface area contributed by atoms with Crippen molar-refractivity contribution in [1.82, 2.24) is 14.8 Å². The maximum absolute atomic E-state index is 13.3. The number of hydrogen-bond donors (Lipinski definition) is 1. The van der Waals surface area contributed by atoms with E-state index in [1.54, 1.807) is 16.8 Å². The van der Waals surface area contributed by atoms with Crippen LogP contribution in [-0.4, -0.2) is 20.7 Å². The van der Waals surface area contributed by atoms with E-state index in [4.69, 9.17) is 0 Å². The van der Waals surface area contributed by atoms with Crippen LogP contribution in [-0.2, 0) is 4.79 Å². The van der Waals surface area contributed by atoms with Crippen LogP contribution in [0.1, 0.15) is 29.2 Å². The largest absolute Gasteiger partial charge is 0.310 e. The molecule has 5 rings (SSSR count). The Balaban J connectivity index is 1.38. The number of aromatic nitrogens is 3. The first kappa shape index (κ1) is 22.7. The third-order valence-corrected chi connectivity index (χ3v) is 6.52. The highest BCUT2D eigenvalue weighted by Gasteiger charge is 2.20. The van der Waals surface area contributed by atoms with Gasteiger partial charge in [0.1, 0.15) is 11.6 Å². The van der Waals surface area contributed by atoms with E-state index >= 15 is 0 Å². The topological polar surface area (TPSA) is 59.8 Å². The van der Waals surface area contributed by atoms with E-state index in [0.29, 0.717) is 10.9 Å². The molecule has 0 aliphatic carbocycles. The van der Waals surface area contributed by atoms with Crippen LogP contribution in [0.3, 0.4) is 0 Å². The Labute approximate surface area is 206 Å². The number of hydrogen-bond acceptors (Lipinski definition) is 4. The average Bonchev–Trinajstić information content (AvgIpc) is 3.51. The normalized spacial score (nSPS) is 11.1. The highest BCUT2D eigenvalue weighted by atomic mass is 32.1. The van der Waals surface area contributed by atoms with Crippen LogP contribution in [0.4, 0.5) is 10.2 Å². The second-order valence-corrected chi connectivity index (χ2v) is 9.07. The van der Waals surface area contributed by atoms with Crippen molar-refractivity contribution in [3.63, 3.8) is 0 Å². The summed E-state index contributed by atoms with van der Waals surface area (Å²) < 4.78 is 14.9. The van der Waals surface area contributed by atoms with Gasteiger partial charge in [-0.15, -0.1) is 11.3 Å². The van der Waals surface area contributed by atoms with Gasteiger partial charge in [0.2, 0.25) is 11.0 Å². The summed E-state index contributed by atoms with van der Waals surface area (Å²) >= 11 is 1.41. The smallest absolute Gasteiger partial charge is 0.226 e. The zero-order valence-corrected chi connectivity index (χ0v) is 19.9. The standard InChI is InChI=1S/C28H23FN4OS/c1-19-16-26(33(32-19)28-30-25(18-35-28)22-12-14-23(29)15-13-22)31-27(34)17-24(20-8-4-2-5-9-20)21-10-6-3-7-11-21/h2-16,18,24H,17H2,1H3,(H,31,34). The molecule has 1 N–H and O–H groups in total. The maximum Gasteiger partial charge on any atom is 0.226 e. The van der Waals surface area contributed by atoms with Crippen molar-refractivity contribution in [2.45, 2.75) is 19.3 Å². The van der Waals surface area contributed by atoms with E-state index in [1.165, 1.54) is 23.5 Å². The van der Waals surface area contributed by atoms with Gasteiger partial charge in [0.15, 0.2) is 0 Å². The number of rotatable bonds is 7. The van der Waals surface area contributed by atoms with Gasteiger partial charge in [-0.3, -0.25) is 4.79 Å². The van der Waals surface area contributed by atoms with Gasteiger partial charge in [-0.05, 0) is 42.3 Å². The molecule has 1 amide bonds. The summed E-state index contributed by atoms with van der Waals surface area (Å²) in [5, 5.41) is 10.1. The van der Waals surface area contributed by atoms with Gasteiger partial charge in [0.05, 0.1) is 11.4 Å². The van der Waals surface area contributed by atoms with Crippen LogP contribution in [0.25, 0.3) is 16.4 Å². The Morgan fingerprint density at radius 1 is 0.971 bits per heavy atom. The lowest BCUT2D eigenvalue weighted by Gasteiger charge is -2.18. The minimum absolute atomic E-state index is 0.0696. The quantitative estimate of drug-likeness (QED) is 0.284. The fourth-order valence-electron chi connectivity index (χ4n) is 4.03. The monoisotopic (exact) mass is 482 g/mol. The van der Waals surface area contributed by atoms with Crippen LogP contribution < -0.4 is 5.32 Å². The highest BCUT2D eigenvalue weighted by Crippen LogP contribution is 2.30. The summed E-state index contributed by atoms with van der Waals surface area (Å²) in [6.07, 6.45) is 0.289. The fraction of sp³-hybridized carbons (Fsp3) is 0.107. The summed E-state index contributed by atoms with van der Waals surface area (Å²) in [5.74, 6) is 0.0903. The number of nitrogens with one attached hydrogen (secondary N) is 1. The molecule has 0 atom stereocenters. The molecule has 0 spiro atoms. The first-order valence-electron chi connectivity index (χ1n) is 11.2. The van der Waals surface area contributed by atoms with Gasteiger partial charge < -0.3 is 5.32 Å². The molecule has 2 heterocycles. The van der Waals surface area contributed by atoms with E-state index in [-0.39, 0.29) is 24.1 Å². The van der Waals surface area contributed by atoms with E-state index in [9.17, 15) is 9.18 Å². The van der Waals surface area contributed by atoms with Gasteiger partial charge in [-0.2, -0.15) is 9.78 Å². The molecular formula is C28H23FN4OS. The molecular weight excluding hydrogens is 459 g/mol. The van der Waals surface area contributed by atoms with Crippen LogP contribution in [0, 0.1) is 12.7 Å². The summed E-state index contributed by atoms with van der Waals surface area (Å²) in [7, 11) is 0. The number of amides is 1. The molecule has 5 nitrogen and oxygen atoms in total. The van der Waals surface area contributed by atoms with Gasteiger partial charge >= 0.3 is 0 Å². The molecule has 0 unspecified atom stereocenters. The molecule has 0 radical (unpaired) electrons. The summed E-state index contributed by atoms with van der Waals surface area (Å²) in [6, 6.07) is 28.1. The van der Waals surface area contributed by atoms with Crippen molar-refractivity contribution in [1.29, 1.82) is 0 Å². The zero-order valence-electron chi connectivity index (χ0n) is 19.1. The zero-order chi connectivity index (χ0) is 24.2.